The second-order valence-corrected chi connectivity index (χ2v) is 7.29. The number of cyclic esters (lactones) is 1. The number of nitrogens with one attached hydrogen (secondary N) is 1. The van der Waals surface area contributed by atoms with Crippen LogP contribution in [0.3, 0.4) is 0 Å². The van der Waals surface area contributed by atoms with Crippen molar-refractivity contribution in [1.29, 1.82) is 0 Å². The second kappa shape index (κ2) is 9.41. The van der Waals surface area contributed by atoms with Crippen LogP contribution in [-0.2, 0) is 14.3 Å². The quantitative estimate of drug-likeness (QED) is 0.487. The third-order valence-electron chi connectivity index (χ3n) is 4.78. The molecule has 0 saturated carbocycles. The number of rotatable bonds is 7. The van der Waals surface area contributed by atoms with Crippen LogP contribution in [0.5, 0.6) is 0 Å². The lowest BCUT2D eigenvalue weighted by Crippen LogP contribution is -2.36. The molecule has 0 radical (unpaired) electrons. The molecule has 164 valence electrons. The number of carbonyl (C=O) groups is 2. The Hall–Kier alpha value is -2.70. The van der Waals surface area contributed by atoms with Crippen molar-refractivity contribution in [3.8, 4) is 0 Å². The first kappa shape index (κ1) is 22.0. The summed E-state index contributed by atoms with van der Waals surface area (Å²) in [6, 6.07) is 4.27. The Morgan fingerprint density at radius 3 is 2.90 bits per heavy atom. The number of β-amino-alcohol motifs (C(OH)–C–C–N with tert-alkyl or cyclic N) is 1. The summed E-state index contributed by atoms with van der Waals surface area (Å²) >= 11 is 4.88. The number of anilines is 2. The summed E-state index contributed by atoms with van der Waals surface area (Å²) in [5.74, 6) is -0.877. The second-order valence-electron chi connectivity index (χ2n) is 6.92. The van der Waals surface area contributed by atoms with Crippen molar-refractivity contribution in [3.05, 3.63) is 24.0 Å². The lowest BCUT2D eigenvalue weighted by atomic mass is 10.2. The van der Waals surface area contributed by atoms with Crippen molar-refractivity contribution in [2.24, 2.45) is 0 Å². The highest BCUT2D eigenvalue weighted by molar-refractivity contribution is 7.80. The number of hydrogen-bond acceptors (Lipinski definition) is 8. The number of thiocarbonyl (C=S) groups is 1. The van der Waals surface area contributed by atoms with Crippen molar-refractivity contribution in [1.82, 2.24) is 10.2 Å². The fourth-order valence-electron chi connectivity index (χ4n) is 3.26. The highest BCUT2D eigenvalue weighted by atomic mass is 32.1. The van der Waals surface area contributed by atoms with Gasteiger partial charge < -0.3 is 34.8 Å². The molecule has 0 spiro atoms. The van der Waals surface area contributed by atoms with Gasteiger partial charge in [-0.15, -0.1) is 0 Å². The van der Waals surface area contributed by atoms with Crippen LogP contribution in [0.25, 0.3) is 0 Å². The number of aliphatic hydroxyl groups excluding tert-OH is 2. The molecule has 2 fully saturated rings. The summed E-state index contributed by atoms with van der Waals surface area (Å²) in [7, 11) is 1.43. The van der Waals surface area contributed by atoms with E-state index in [4.69, 9.17) is 26.8 Å². The van der Waals surface area contributed by atoms with E-state index in [1.54, 1.807) is 6.07 Å². The van der Waals surface area contributed by atoms with E-state index in [2.05, 4.69) is 5.32 Å². The van der Waals surface area contributed by atoms with Gasteiger partial charge in [-0.3, -0.25) is 9.69 Å². The molecule has 0 bridgehead atoms. The normalized spacial score (nSPS) is 19.9. The van der Waals surface area contributed by atoms with Crippen molar-refractivity contribution in [3.63, 3.8) is 0 Å². The Kier molecular flexibility index (Phi) is 6.90. The van der Waals surface area contributed by atoms with Gasteiger partial charge in [0.05, 0.1) is 64.0 Å². The average molecular weight is 442 g/mol. The molecule has 1 unspecified atom stereocenters. The van der Waals surface area contributed by atoms with Crippen LogP contribution in [0, 0.1) is 5.82 Å². The van der Waals surface area contributed by atoms with Crippen molar-refractivity contribution < 1.29 is 33.7 Å². The molecule has 2 saturated heterocycles. The molecule has 10 nitrogen and oxygen atoms in total. The molecular weight excluding hydrogens is 419 g/mol. The fraction of sp³-hybridized carbons (Fsp3) is 0.500. The van der Waals surface area contributed by atoms with Gasteiger partial charge in [0.25, 0.3) is 5.17 Å². The molecule has 2 heterocycles. The molecule has 0 aliphatic carbocycles. The number of carbonyl (C=O) groups excluding carboxylic acids is 2. The zero-order chi connectivity index (χ0) is 21.8. The third-order valence-corrected chi connectivity index (χ3v) is 5.09. The lowest BCUT2D eigenvalue weighted by molar-refractivity contribution is -0.128. The van der Waals surface area contributed by atoms with E-state index in [-0.39, 0.29) is 49.6 Å². The summed E-state index contributed by atoms with van der Waals surface area (Å²) < 4.78 is 24.9. The SMILES string of the molecule is COC(=S)NC[C@H]1CN(c2ccc(N3CC(=O)N(CC(O)CO)C3)c(F)c2)C(=O)O1. The number of nitrogens with zero attached hydrogens (tertiary/aromatic N) is 3. The smallest absolute Gasteiger partial charge is 0.414 e. The maximum atomic E-state index is 14.8. The Morgan fingerprint density at radius 1 is 1.47 bits per heavy atom. The van der Waals surface area contributed by atoms with Crippen molar-refractivity contribution >= 4 is 40.8 Å². The van der Waals surface area contributed by atoms with Crippen molar-refractivity contribution in [2.75, 3.05) is 56.4 Å². The predicted octanol–water partition coefficient (Wildman–Crippen LogP) is -0.369. The average Bonchev–Trinajstić information content (AvgIpc) is 3.28. The fourth-order valence-corrected chi connectivity index (χ4v) is 3.34. The molecule has 3 rings (SSSR count). The largest absolute Gasteiger partial charge is 0.474 e. The zero-order valence-corrected chi connectivity index (χ0v) is 17.1. The molecule has 0 aromatic heterocycles. The minimum absolute atomic E-state index is 0.0346. The highest BCUT2D eigenvalue weighted by Crippen LogP contribution is 2.29. The number of amides is 2. The van der Waals surface area contributed by atoms with Crippen molar-refractivity contribution in [2.45, 2.75) is 12.2 Å². The first-order chi connectivity index (χ1) is 14.3. The van der Waals surface area contributed by atoms with Gasteiger partial charge in [0.2, 0.25) is 5.91 Å². The Bertz CT molecular complexity index is 828. The monoisotopic (exact) mass is 442 g/mol. The van der Waals surface area contributed by atoms with Gasteiger partial charge in [0.15, 0.2) is 0 Å². The first-order valence-corrected chi connectivity index (χ1v) is 9.64. The predicted molar refractivity (Wildman–Crippen MR) is 109 cm³/mol. The van der Waals surface area contributed by atoms with Crippen LogP contribution in [0.1, 0.15) is 0 Å². The summed E-state index contributed by atoms with van der Waals surface area (Å²) in [5.41, 5.74) is 0.528. The lowest BCUT2D eigenvalue weighted by Gasteiger charge is -2.22. The topological polar surface area (TPSA) is 115 Å². The zero-order valence-electron chi connectivity index (χ0n) is 16.3. The van der Waals surface area contributed by atoms with Crippen LogP contribution >= 0.6 is 12.2 Å². The number of aliphatic hydroxyl groups is 2. The van der Waals surface area contributed by atoms with Crippen LogP contribution < -0.4 is 15.1 Å². The van der Waals surface area contributed by atoms with Gasteiger partial charge in [-0.2, -0.15) is 0 Å². The molecule has 12 heteroatoms. The van der Waals surface area contributed by atoms with Gasteiger partial charge in [0, 0.05) is 0 Å². The summed E-state index contributed by atoms with van der Waals surface area (Å²) in [6.45, 7) is 0.0187. The molecule has 2 amide bonds. The highest BCUT2D eigenvalue weighted by Gasteiger charge is 2.34. The number of halogens is 1. The number of hydrogen-bond donors (Lipinski definition) is 3. The maximum Gasteiger partial charge on any atom is 0.414 e. The van der Waals surface area contributed by atoms with Crippen LogP contribution in [0.2, 0.25) is 0 Å². The van der Waals surface area contributed by atoms with Crippen LogP contribution in [0.15, 0.2) is 18.2 Å². The van der Waals surface area contributed by atoms with Crippen LogP contribution in [0.4, 0.5) is 20.6 Å². The molecule has 2 atom stereocenters. The number of methoxy groups -OCH3 is 1. The van der Waals surface area contributed by atoms with Gasteiger partial charge in [-0.25, -0.2) is 9.18 Å². The van der Waals surface area contributed by atoms with E-state index in [9.17, 15) is 19.1 Å². The Labute approximate surface area is 177 Å². The first-order valence-electron chi connectivity index (χ1n) is 9.23. The number of benzene rings is 1. The maximum absolute atomic E-state index is 14.8. The Morgan fingerprint density at radius 2 is 2.23 bits per heavy atom. The van der Waals surface area contributed by atoms with Gasteiger partial charge in [-0.1, -0.05) is 0 Å². The summed E-state index contributed by atoms with van der Waals surface area (Å²) in [6.07, 6.45) is -2.13. The standard InChI is InChI=1S/C18H23FN4O6S/c1-28-17(30)20-5-13-7-23(18(27)29-13)11-2-3-15(14(19)4-11)21-8-16(26)22(10-21)6-12(25)9-24/h2-4,12-13,24-25H,5-10H2,1H3,(H,20,30)/t12?,13-/m0/s1. The molecule has 2 aliphatic rings. The van der Waals surface area contributed by atoms with Gasteiger partial charge in [-0.05, 0) is 30.4 Å². The third kappa shape index (κ3) is 4.89. The van der Waals surface area contributed by atoms with E-state index in [1.165, 1.54) is 33.9 Å². The minimum Gasteiger partial charge on any atom is -0.474 e. The number of ether oxygens (including phenoxy) is 2. The molecule has 3 N–H and O–H groups in total. The van der Waals surface area contributed by atoms with Gasteiger partial charge in [0.1, 0.15) is 11.9 Å². The molecule has 2 aliphatic heterocycles. The molecule has 1 aromatic carbocycles. The van der Waals surface area contributed by atoms with E-state index in [0.29, 0.717) is 5.69 Å². The molecule has 30 heavy (non-hydrogen) atoms. The van der Waals surface area contributed by atoms with E-state index >= 15 is 0 Å². The van der Waals surface area contributed by atoms with E-state index < -0.39 is 30.7 Å². The van der Waals surface area contributed by atoms with Crippen LogP contribution in [-0.4, -0.2) is 91.1 Å². The van der Waals surface area contributed by atoms with E-state index in [1.807, 2.05) is 0 Å². The van der Waals surface area contributed by atoms with Gasteiger partial charge >= 0.3 is 6.09 Å². The Balaban J connectivity index is 1.65. The minimum atomic E-state index is -1.05. The molecule has 1 aromatic rings. The van der Waals surface area contributed by atoms with E-state index in [0.717, 1.165) is 0 Å². The summed E-state index contributed by atoms with van der Waals surface area (Å²) in [4.78, 5) is 28.4. The summed E-state index contributed by atoms with van der Waals surface area (Å²) in [5, 5.41) is 21.5. The molecular formula is C18H23FN4O6S.